The van der Waals surface area contributed by atoms with Crippen molar-refractivity contribution in [3.63, 3.8) is 0 Å². The predicted molar refractivity (Wildman–Crippen MR) is 65.5 cm³/mol. The Morgan fingerprint density at radius 1 is 1.43 bits per heavy atom. The molecule has 2 nitrogen and oxygen atoms in total. The summed E-state index contributed by atoms with van der Waals surface area (Å²) in [5.41, 5.74) is 0. The third kappa shape index (κ3) is 3.82. The lowest BCUT2D eigenvalue weighted by molar-refractivity contribution is 0.461. The van der Waals surface area contributed by atoms with E-state index in [1.54, 1.807) is 0 Å². The fourth-order valence-electron chi connectivity index (χ4n) is 1.85. The van der Waals surface area contributed by atoms with E-state index in [9.17, 15) is 0 Å². The predicted octanol–water partition coefficient (Wildman–Crippen LogP) is 2.54. The first kappa shape index (κ1) is 11.8. The van der Waals surface area contributed by atoms with E-state index in [0.29, 0.717) is 6.04 Å². The summed E-state index contributed by atoms with van der Waals surface area (Å²) >= 11 is 5.34. The molecule has 1 N–H and O–H groups in total. The van der Waals surface area contributed by atoms with Crippen molar-refractivity contribution < 1.29 is 0 Å². The fourth-order valence-corrected chi connectivity index (χ4v) is 2.11. The smallest absolute Gasteiger partial charge is 0.168 e. The molecule has 0 unspecified atom stereocenters. The van der Waals surface area contributed by atoms with Crippen LogP contribution in [0.4, 0.5) is 0 Å². The van der Waals surface area contributed by atoms with Gasteiger partial charge in [-0.15, -0.1) is 0 Å². The number of thiocarbonyl (C=S) groups is 1. The Hall–Kier alpha value is -0.310. The molecule has 0 saturated heterocycles. The van der Waals surface area contributed by atoms with Gasteiger partial charge in [0, 0.05) is 19.6 Å². The molecular weight excluding hydrogens is 192 g/mol. The third-order valence-electron chi connectivity index (χ3n) is 2.88. The Morgan fingerprint density at radius 2 is 2.07 bits per heavy atom. The van der Waals surface area contributed by atoms with Gasteiger partial charge in [0.05, 0.1) is 0 Å². The standard InChI is InChI=1S/C11H22N2S/c1-3-4-9-13(2)11(14)12-10-7-5-6-8-10/h10H,3-9H2,1-2H3,(H,12,14). The summed E-state index contributed by atoms with van der Waals surface area (Å²) in [7, 11) is 2.08. The Kier molecular flexibility index (Phi) is 5.23. The lowest BCUT2D eigenvalue weighted by Crippen LogP contribution is -2.42. The van der Waals surface area contributed by atoms with Crippen LogP contribution in [0.25, 0.3) is 0 Å². The molecule has 1 aliphatic carbocycles. The van der Waals surface area contributed by atoms with Crippen LogP contribution in [-0.4, -0.2) is 29.6 Å². The summed E-state index contributed by atoms with van der Waals surface area (Å²) < 4.78 is 0. The highest BCUT2D eigenvalue weighted by molar-refractivity contribution is 7.80. The summed E-state index contributed by atoms with van der Waals surface area (Å²) in [4.78, 5) is 2.16. The first-order chi connectivity index (χ1) is 6.74. The van der Waals surface area contributed by atoms with Gasteiger partial charge in [0.25, 0.3) is 0 Å². The third-order valence-corrected chi connectivity index (χ3v) is 3.31. The van der Waals surface area contributed by atoms with Crippen LogP contribution in [0.5, 0.6) is 0 Å². The molecule has 1 saturated carbocycles. The van der Waals surface area contributed by atoms with E-state index in [-0.39, 0.29) is 0 Å². The summed E-state index contributed by atoms with van der Waals surface area (Å²) in [5, 5.41) is 4.38. The fraction of sp³-hybridized carbons (Fsp3) is 0.909. The average Bonchev–Trinajstić information content (AvgIpc) is 2.66. The number of nitrogens with zero attached hydrogens (tertiary/aromatic N) is 1. The van der Waals surface area contributed by atoms with Crippen molar-refractivity contribution in [2.45, 2.75) is 51.5 Å². The van der Waals surface area contributed by atoms with Crippen LogP contribution in [0, 0.1) is 0 Å². The van der Waals surface area contributed by atoms with Crippen LogP contribution in [0.15, 0.2) is 0 Å². The SMILES string of the molecule is CCCCN(C)C(=S)NC1CCCC1. The molecule has 0 atom stereocenters. The lowest BCUT2D eigenvalue weighted by Gasteiger charge is -2.23. The number of rotatable bonds is 4. The van der Waals surface area contributed by atoms with Crippen molar-refractivity contribution in [2.75, 3.05) is 13.6 Å². The molecule has 82 valence electrons. The van der Waals surface area contributed by atoms with E-state index in [2.05, 4.69) is 24.2 Å². The Bertz CT molecular complexity index is 176. The van der Waals surface area contributed by atoms with Crippen molar-refractivity contribution in [1.29, 1.82) is 0 Å². The van der Waals surface area contributed by atoms with Crippen molar-refractivity contribution >= 4 is 17.3 Å². The normalized spacial score (nSPS) is 17.0. The van der Waals surface area contributed by atoms with Gasteiger partial charge in [-0.1, -0.05) is 26.2 Å². The van der Waals surface area contributed by atoms with Crippen LogP contribution in [0.3, 0.4) is 0 Å². The van der Waals surface area contributed by atoms with Crippen molar-refractivity contribution in [3.8, 4) is 0 Å². The van der Waals surface area contributed by atoms with Gasteiger partial charge in [-0.2, -0.15) is 0 Å². The second-order valence-corrected chi connectivity index (χ2v) is 4.59. The van der Waals surface area contributed by atoms with E-state index < -0.39 is 0 Å². The summed E-state index contributed by atoms with van der Waals surface area (Å²) in [6, 6.07) is 0.645. The molecule has 0 heterocycles. The molecule has 0 aliphatic heterocycles. The number of hydrogen-bond acceptors (Lipinski definition) is 1. The first-order valence-corrected chi connectivity index (χ1v) is 6.16. The van der Waals surface area contributed by atoms with Crippen molar-refractivity contribution in [1.82, 2.24) is 10.2 Å². The molecule has 0 spiro atoms. The molecule has 0 aromatic carbocycles. The second kappa shape index (κ2) is 6.23. The molecule has 0 bridgehead atoms. The molecule has 0 aromatic heterocycles. The maximum Gasteiger partial charge on any atom is 0.168 e. The van der Waals surface area contributed by atoms with Gasteiger partial charge in [-0.05, 0) is 31.5 Å². The number of nitrogens with one attached hydrogen (secondary N) is 1. The minimum Gasteiger partial charge on any atom is -0.360 e. The molecule has 1 rings (SSSR count). The maximum atomic E-state index is 5.34. The van der Waals surface area contributed by atoms with Gasteiger partial charge < -0.3 is 10.2 Å². The zero-order valence-electron chi connectivity index (χ0n) is 9.38. The van der Waals surface area contributed by atoms with E-state index in [4.69, 9.17) is 12.2 Å². The van der Waals surface area contributed by atoms with Gasteiger partial charge in [-0.3, -0.25) is 0 Å². The van der Waals surface area contributed by atoms with Gasteiger partial charge in [0.1, 0.15) is 0 Å². The zero-order chi connectivity index (χ0) is 10.4. The second-order valence-electron chi connectivity index (χ2n) is 4.21. The highest BCUT2D eigenvalue weighted by atomic mass is 32.1. The molecule has 1 fully saturated rings. The van der Waals surface area contributed by atoms with E-state index in [1.165, 1.54) is 38.5 Å². The molecule has 1 aliphatic rings. The molecule has 3 heteroatoms. The zero-order valence-corrected chi connectivity index (χ0v) is 10.2. The minimum absolute atomic E-state index is 0.645. The Morgan fingerprint density at radius 3 is 2.64 bits per heavy atom. The monoisotopic (exact) mass is 214 g/mol. The molecule has 0 aromatic rings. The van der Waals surface area contributed by atoms with E-state index >= 15 is 0 Å². The summed E-state index contributed by atoms with van der Waals surface area (Å²) in [6.07, 6.45) is 7.76. The van der Waals surface area contributed by atoms with Gasteiger partial charge >= 0.3 is 0 Å². The summed E-state index contributed by atoms with van der Waals surface area (Å²) in [6.45, 7) is 3.29. The Labute approximate surface area is 93.1 Å². The molecule has 0 amide bonds. The quantitative estimate of drug-likeness (QED) is 0.724. The van der Waals surface area contributed by atoms with Gasteiger partial charge in [0.15, 0.2) is 5.11 Å². The highest BCUT2D eigenvalue weighted by Crippen LogP contribution is 2.17. The molecule has 0 radical (unpaired) electrons. The average molecular weight is 214 g/mol. The highest BCUT2D eigenvalue weighted by Gasteiger charge is 2.16. The van der Waals surface area contributed by atoms with Gasteiger partial charge in [-0.25, -0.2) is 0 Å². The van der Waals surface area contributed by atoms with Crippen LogP contribution in [0.1, 0.15) is 45.4 Å². The topological polar surface area (TPSA) is 15.3 Å². The van der Waals surface area contributed by atoms with Crippen molar-refractivity contribution in [3.05, 3.63) is 0 Å². The van der Waals surface area contributed by atoms with Crippen LogP contribution in [0.2, 0.25) is 0 Å². The largest absolute Gasteiger partial charge is 0.360 e. The summed E-state index contributed by atoms with van der Waals surface area (Å²) in [5.74, 6) is 0. The first-order valence-electron chi connectivity index (χ1n) is 5.75. The Balaban J connectivity index is 2.18. The lowest BCUT2D eigenvalue weighted by atomic mass is 10.2. The van der Waals surface area contributed by atoms with Crippen molar-refractivity contribution in [2.24, 2.45) is 0 Å². The number of hydrogen-bond donors (Lipinski definition) is 1. The van der Waals surface area contributed by atoms with Gasteiger partial charge in [0.2, 0.25) is 0 Å². The van der Waals surface area contributed by atoms with E-state index in [0.717, 1.165) is 11.7 Å². The van der Waals surface area contributed by atoms with Crippen LogP contribution < -0.4 is 5.32 Å². The van der Waals surface area contributed by atoms with Crippen LogP contribution in [-0.2, 0) is 0 Å². The van der Waals surface area contributed by atoms with E-state index in [1.807, 2.05) is 0 Å². The van der Waals surface area contributed by atoms with Crippen LogP contribution >= 0.6 is 12.2 Å². The number of unbranched alkanes of at least 4 members (excludes halogenated alkanes) is 1. The maximum absolute atomic E-state index is 5.34. The molecule has 14 heavy (non-hydrogen) atoms. The molecular formula is C11H22N2S. The minimum atomic E-state index is 0.645.